The van der Waals surface area contributed by atoms with E-state index in [1.54, 1.807) is 0 Å². The summed E-state index contributed by atoms with van der Waals surface area (Å²) in [5.41, 5.74) is 8.68. The van der Waals surface area contributed by atoms with Crippen molar-refractivity contribution >= 4 is 11.5 Å². The van der Waals surface area contributed by atoms with Gasteiger partial charge < -0.3 is 11.1 Å². The van der Waals surface area contributed by atoms with Crippen LogP contribution < -0.4 is 11.1 Å². The van der Waals surface area contributed by atoms with Crippen LogP contribution in [0.3, 0.4) is 0 Å². The molecular weight excluding hydrogens is 226 g/mol. The van der Waals surface area contributed by atoms with Gasteiger partial charge in [-0.2, -0.15) is 5.10 Å². The lowest BCUT2D eigenvalue weighted by Gasteiger charge is -2.08. The van der Waals surface area contributed by atoms with Gasteiger partial charge in [-0.15, -0.1) is 0 Å². The molecule has 0 bridgehead atoms. The number of aryl methyl sites for hydroxylation is 2. The Bertz CT molecular complexity index is 504. The van der Waals surface area contributed by atoms with E-state index in [0.717, 1.165) is 42.4 Å². The van der Waals surface area contributed by atoms with E-state index in [4.69, 9.17) is 5.73 Å². The Hall–Kier alpha value is -2.04. The van der Waals surface area contributed by atoms with Crippen molar-refractivity contribution in [2.45, 2.75) is 26.8 Å². The fourth-order valence-electron chi connectivity index (χ4n) is 1.87. The second-order valence-corrected chi connectivity index (χ2v) is 4.16. The van der Waals surface area contributed by atoms with Crippen molar-refractivity contribution in [2.75, 3.05) is 17.6 Å². The number of nitrogen functional groups attached to an aromatic ring is 1. The van der Waals surface area contributed by atoms with Crippen LogP contribution in [0.4, 0.5) is 11.5 Å². The number of aromatic nitrogens is 3. The molecule has 18 heavy (non-hydrogen) atoms. The normalized spacial score (nSPS) is 10.6. The topological polar surface area (TPSA) is 68.8 Å². The van der Waals surface area contributed by atoms with Gasteiger partial charge in [-0.3, -0.25) is 4.98 Å². The maximum atomic E-state index is 6.00. The van der Waals surface area contributed by atoms with Crippen molar-refractivity contribution in [2.24, 2.45) is 0 Å². The minimum absolute atomic E-state index is 0.734. The number of rotatable bonds is 5. The molecule has 0 aromatic carbocycles. The van der Waals surface area contributed by atoms with Gasteiger partial charge in [0.1, 0.15) is 5.82 Å². The predicted octanol–water partition coefficient (Wildman–Crippen LogP) is 1.84. The maximum Gasteiger partial charge on any atom is 0.148 e. The van der Waals surface area contributed by atoms with Crippen LogP contribution in [-0.4, -0.2) is 21.3 Å². The highest BCUT2D eigenvalue weighted by Gasteiger charge is 2.10. The first-order valence-corrected chi connectivity index (χ1v) is 6.19. The van der Waals surface area contributed by atoms with E-state index in [9.17, 15) is 0 Å². The Balaban J connectivity index is 1.98. The number of nitrogens with two attached hydrogens (primary N) is 1. The van der Waals surface area contributed by atoms with Crippen molar-refractivity contribution in [1.82, 2.24) is 14.8 Å². The molecule has 0 aliphatic rings. The number of hydrogen-bond donors (Lipinski definition) is 2. The Morgan fingerprint density at radius 3 is 2.89 bits per heavy atom. The van der Waals surface area contributed by atoms with Crippen LogP contribution in [0.5, 0.6) is 0 Å². The summed E-state index contributed by atoms with van der Waals surface area (Å²) in [6.45, 7) is 5.58. The third-order valence-electron chi connectivity index (χ3n) is 2.87. The quantitative estimate of drug-likeness (QED) is 0.843. The van der Waals surface area contributed by atoms with Crippen LogP contribution in [0.25, 0.3) is 0 Å². The molecule has 0 saturated heterocycles. The lowest BCUT2D eigenvalue weighted by atomic mass is 10.2. The molecule has 2 aromatic heterocycles. The fourth-order valence-corrected chi connectivity index (χ4v) is 1.87. The third-order valence-corrected chi connectivity index (χ3v) is 2.87. The molecule has 3 N–H and O–H groups in total. The smallest absolute Gasteiger partial charge is 0.148 e. The summed E-state index contributed by atoms with van der Waals surface area (Å²) in [6.07, 6.45) is 2.68. The lowest BCUT2D eigenvalue weighted by molar-refractivity contribution is 0.657. The zero-order valence-corrected chi connectivity index (χ0v) is 10.8. The molecule has 0 fully saturated rings. The second-order valence-electron chi connectivity index (χ2n) is 4.16. The van der Waals surface area contributed by atoms with E-state index in [1.165, 1.54) is 0 Å². The van der Waals surface area contributed by atoms with E-state index in [1.807, 2.05) is 36.0 Å². The molecule has 2 rings (SSSR count). The predicted molar refractivity (Wildman–Crippen MR) is 73.5 cm³/mol. The largest absolute Gasteiger partial charge is 0.394 e. The molecule has 0 saturated carbocycles. The molecule has 0 unspecified atom stereocenters. The average Bonchev–Trinajstić information content (AvgIpc) is 2.67. The van der Waals surface area contributed by atoms with Gasteiger partial charge in [0.15, 0.2) is 0 Å². The highest BCUT2D eigenvalue weighted by molar-refractivity contribution is 5.64. The van der Waals surface area contributed by atoms with Gasteiger partial charge >= 0.3 is 0 Å². The molecular formula is C13H19N5. The summed E-state index contributed by atoms with van der Waals surface area (Å²) < 4.78 is 1.89. The highest BCUT2D eigenvalue weighted by atomic mass is 15.3. The van der Waals surface area contributed by atoms with Crippen LogP contribution in [0, 0.1) is 6.92 Å². The van der Waals surface area contributed by atoms with Crippen LogP contribution in [-0.2, 0) is 13.0 Å². The van der Waals surface area contributed by atoms with Crippen molar-refractivity contribution < 1.29 is 0 Å². The summed E-state index contributed by atoms with van der Waals surface area (Å²) in [4.78, 5) is 4.29. The molecule has 0 aliphatic heterocycles. The molecule has 5 heteroatoms. The Kier molecular flexibility index (Phi) is 3.82. The van der Waals surface area contributed by atoms with Gasteiger partial charge in [0.2, 0.25) is 0 Å². The van der Waals surface area contributed by atoms with Gasteiger partial charge in [-0.05, 0) is 26.0 Å². The molecule has 0 spiro atoms. The van der Waals surface area contributed by atoms with Crippen molar-refractivity contribution in [3.63, 3.8) is 0 Å². The summed E-state index contributed by atoms with van der Waals surface area (Å²) in [5.74, 6) is 0.908. The third kappa shape index (κ3) is 2.61. The number of nitrogens with zero attached hydrogens (tertiary/aromatic N) is 3. The van der Waals surface area contributed by atoms with E-state index in [2.05, 4.69) is 22.3 Å². The van der Waals surface area contributed by atoms with Crippen LogP contribution >= 0.6 is 0 Å². The molecule has 0 radical (unpaired) electrons. The molecule has 96 valence electrons. The van der Waals surface area contributed by atoms with Gasteiger partial charge in [-0.25, -0.2) is 4.68 Å². The van der Waals surface area contributed by atoms with Crippen LogP contribution in [0.15, 0.2) is 24.4 Å². The summed E-state index contributed by atoms with van der Waals surface area (Å²) >= 11 is 0. The van der Waals surface area contributed by atoms with Gasteiger partial charge in [-0.1, -0.05) is 6.07 Å². The average molecular weight is 245 g/mol. The minimum Gasteiger partial charge on any atom is -0.394 e. The Labute approximate surface area is 107 Å². The standard InChI is InChI=1S/C13H19N5/c1-3-18-13(12(14)10(2)17-18)16-9-7-11-6-4-5-8-15-11/h4-6,8,16H,3,7,9,14H2,1-2H3. The lowest BCUT2D eigenvalue weighted by Crippen LogP contribution is -2.11. The van der Waals surface area contributed by atoms with Crippen molar-refractivity contribution in [3.8, 4) is 0 Å². The zero-order chi connectivity index (χ0) is 13.0. The zero-order valence-electron chi connectivity index (χ0n) is 10.8. The highest BCUT2D eigenvalue weighted by Crippen LogP contribution is 2.21. The monoisotopic (exact) mass is 245 g/mol. The maximum absolute atomic E-state index is 6.00. The van der Waals surface area contributed by atoms with E-state index in [-0.39, 0.29) is 0 Å². The van der Waals surface area contributed by atoms with Gasteiger partial charge in [0, 0.05) is 31.4 Å². The molecule has 2 heterocycles. The Morgan fingerprint density at radius 2 is 2.22 bits per heavy atom. The van der Waals surface area contributed by atoms with E-state index < -0.39 is 0 Å². The molecule has 5 nitrogen and oxygen atoms in total. The van der Waals surface area contributed by atoms with Crippen molar-refractivity contribution in [1.29, 1.82) is 0 Å². The van der Waals surface area contributed by atoms with E-state index >= 15 is 0 Å². The first-order chi connectivity index (χ1) is 8.72. The summed E-state index contributed by atoms with van der Waals surface area (Å²) in [6, 6.07) is 5.94. The SMILES string of the molecule is CCn1nc(C)c(N)c1NCCc1ccccn1. The first kappa shape index (κ1) is 12.4. The van der Waals surface area contributed by atoms with Gasteiger partial charge in [0.05, 0.1) is 11.4 Å². The van der Waals surface area contributed by atoms with Crippen molar-refractivity contribution in [3.05, 3.63) is 35.8 Å². The van der Waals surface area contributed by atoms with Crippen LogP contribution in [0.2, 0.25) is 0 Å². The number of anilines is 2. The molecule has 0 amide bonds. The summed E-state index contributed by atoms with van der Waals surface area (Å²) in [5, 5.41) is 7.71. The number of nitrogens with one attached hydrogen (secondary N) is 1. The second kappa shape index (κ2) is 5.53. The minimum atomic E-state index is 0.734. The number of pyridine rings is 1. The molecule has 2 aromatic rings. The fraction of sp³-hybridized carbons (Fsp3) is 0.385. The summed E-state index contributed by atoms with van der Waals surface area (Å²) in [7, 11) is 0. The molecule has 0 aliphatic carbocycles. The first-order valence-electron chi connectivity index (χ1n) is 6.19. The number of hydrogen-bond acceptors (Lipinski definition) is 4. The van der Waals surface area contributed by atoms with E-state index in [0.29, 0.717) is 0 Å². The molecule has 0 atom stereocenters. The van der Waals surface area contributed by atoms with Crippen LogP contribution in [0.1, 0.15) is 18.3 Å². The van der Waals surface area contributed by atoms with Gasteiger partial charge in [0.25, 0.3) is 0 Å². The Morgan fingerprint density at radius 1 is 1.39 bits per heavy atom.